The molecular weight excluding hydrogens is 150 g/mol. The van der Waals surface area contributed by atoms with Crippen molar-refractivity contribution in [3.05, 3.63) is 33.7 Å². The van der Waals surface area contributed by atoms with Crippen molar-refractivity contribution in [2.24, 2.45) is 0 Å². The standard InChI is InChI=1S/C10H13NO/c1-7-5-8(6-11-9(7)12)10(2)3-4-10/h5-6H,3-4H2,1-2H3,(H,11,12). The Morgan fingerprint density at radius 1 is 1.50 bits per heavy atom. The van der Waals surface area contributed by atoms with Gasteiger partial charge in [-0.05, 0) is 36.8 Å². The molecule has 0 aliphatic heterocycles. The van der Waals surface area contributed by atoms with Crippen LogP contribution in [0.4, 0.5) is 0 Å². The first-order chi connectivity index (χ1) is 5.62. The summed E-state index contributed by atoms with van der Waals surface area (Å²) in [5, 5.41) is 0. The Morgan fingerprint density at radius 2 is 2.17 bits per heavy atom. The van der Waals surface area contributed by atoms with Crippen molar-refractivity contribution < 1.29 is 0 Å². The Bertz CT molecular complexity index is 360. The summed E-state index contributed by atoms with van der Waals surface area (Å²) in [4.78, 5) is 13.8. The number of pyridine rings is 1. The lowest BCUT2D eigenvalue weighted by Crippen LogP contribution is -2.12. The number of rotatable bonds is 1. The molecule has 2 nitrogen and oxygen atoms in total. The maximum atomic E-state index is 11.1. The average molecular weight is 163 g/mol. The Kier molecular flexibility index (Phi) is 1.40. The van der Waals surface area contributed by atoms with Crippen LogP contribution in [0.2, 0.25) is 0 Å². The molecule has 64 valence electrons. The third kappa shape index (κ3) is 1.07. The lowest BCUT2D eigenvalue weighted by atomic mass is 9.99. The van der Waals surface area contributed by atoms with Gasteiger partial charge in [0.2, 0.25) is 0 Å². The predicted molar refractivity (Wildman–Crippen MR) is 48.4 cm³/mol. The number of hydrogen-bond donors (Lipinski definition) is 1. The normalized spacial score (nSPS) is 19.2. The Balaban J connectivity index is 2.48. The van der Waals surface area contributed by atoms with Crippen LogP contribution in [0.1, 0.15) is 30.9 Å². The molecular formula is C10H13NO. The minimum Gasteiger partial charge on any atom is -0.329 e. The summed E-state index contributed by atoms with van der Waals surface area (Å²) < 4.78 is 0. The van der Waals surface area contributed by atoms with E-state index >= 15 is 0 Å². The van der Waals surface area contributed by atoms with Crippen LogP contribution in [0, 0.1) is 6.92 Å². The highest BCUT2D eigenvalue weighted by Crippen LogP contribution is 2.47. The molecule has 0 aromatic carbocycles. The largest absolute Gasteiger partial charge is 0.329 e. The van der Waals surface area contributed by atoms with Crippen LogP contribution in [0.5, 0.6) is 0 Å². The minimum atomic E-state index is 0.0306. The molecule has 1 aromatic heterocycles. The first-order valence-corrected chi connectivity index (χ1v) is 4.32. The summed E-state index contributed by atoms with van der Waals surface area (Å²) in [6.07, 6.45) is 4.35. The van der Waals surface area contributed by atoms with Gasteiger partial charge in [0.05, 0.1) is 0 Å². The Labute approximate surface area is 71.6 Å². The summed E-state index contributed by atoms with van der Waals surface area (Å²) in [6.45, 7) is 4.09. The van der Waals surface area contributed by atoms with E-state index in [-0.39, 0.29) is 5.56 Å². The SMILES string of the molecule is Cc1cc(C2(C)CC2)c[nH]c1=O. The van der Waals surface area contributed by atoms with E-state index in [9.17, 15) is 4.79 Å². The molecule has 12 heavy (non-hydrogen) atoms. The zero-order valence-electron chi connectivity index (χ0n) is 7.48. The highest BCUT2D eigenvalue weighted by atomic mass is 16.1. The van der Waals surface area contributed by atoms with Crippen molar-refractivity contribution in [3.8, 4) is 0 Å². The van der Waals surface area contributed by atoms with Crippen molar-refractivity contribution in [2.75, 3.05) is 0 Å². The van der Waals surface area contributed by atoms with E-state index in [0.717, 1.165) is 5.56 Å². The maximum Gasteiger partial charge on any atom is 0.250 e. The van der Waals surface area contributed by atoms with E-state index in [2.05, 4.69) is 11.9 Å². The number of aromatic amines is 1. The maximum absolute atomic E-state index is 11.1. The molecule has 1 fully saturated rings. The van der Waals surface area contributed by atoms with Gasteiger partial charge in [0, 0.05) is 11.8 Å². The minimum absolute atomic E-state index is 0.0306. The second-order valence-electron chi connectivity index (χ2n) is 3.96. The van der Waals surface area contributed by atoms with Crippen LogP contribution in [0.15, 0.2) is 17.1 Å². The quantitative estimate of drug-likeness (QED) is 0.672. The van der Waals surface area contributed by atoms with Crippen molar-refractivity contribution in [1.82, 2.24) is 4.98 Å². The fourth-order valence-corrected chi connectivity index (χ4v) is 1.42. The number of aryl methyl sites for hydroxylation is 1. The molecule has 0 atom stereocenters. The van der Waals surface area contributed by atoms with Crippen LogP contribution in [-0.4, -0.2) is 4.98 Å². The highest BCUT2D eigenvalue weighted by Gasteiger charge is 2.39. The molecule has 0 bridgehead atoms. The number of nitrogens with one attached hydrogen (secondary N) is 1. The molecule has 0 saturated heterocycles. The second-order valence-corrected chi connectivity index (χ2v) is 3.96. The Hall–Kier alpha value is -1.05. The Morgan fingerprint density at radius 3 is 2.67 bits per heavy atom. The van der Waals surface area contributed by atoms with E-state index in [4.69, 9.17) is 0 Å². The fourth-order valence-electron chi connectivity index (χ4n) is 1.42. The van der Waals surface area contributed by atoms with Crippen molar-refractivity contribution in [1.29, 1.82) is 0 Å². The molecule has 1 saturated carbocycles. The molecule has 1 aliphatic rings. The van der Waals surface area contributed by atoms with Crippen LogP contribution in [-0.2, 0) is 5.41 Å². The summed E-state index contributed by atoms with van der Waals surface area (Å²) in [6, 6.07) is 2.01. The van der Waals surface area contributed by atoms with Gasteiger partial charge in [-0.25, -0.2) is 0 Å². The smallest absolute Gasteiger partial charge is 0.250 e. The molecule has 0 radical (unpaired) electrons. The van der Waals surface area contributed by atoms with Gasteiger partial charge in [0.15, 0.2) is 0 Å². The summed E-state index contributed by atoms with van der Waals surface area (Å²) in [5.74, 6) is 0. The van der Waals surface area contributed by atoms with E-state index in [1.165, 1.54) is 18.4 Å². The summed E-state index contributed by atoms with van der Waals surface area (Å²) in [5.41, 5.74) is 2.48. The first-order valence-electron chi connectivity index (χ1n) is 4.32. The van der Waals surface area contributed by atoms with Gasteiger partial charge in [0.1, 0.15) is 0 Å². The van der Waals surface area contributed by atoms with Crippen LogP contribution in [0.25, 0.3) is 0 Å². The van der Waals surface area contributed by atoms with E-state index < -0.39 is 0 Å². The third-order valence-corrected chi connectivity index (χ3v) is 2.79. The van der Waals surface area contributed by atoms with Crippen molar-refractivity contribution >= 4 is 0 Å². The highest BCUT2D eigenvalue weighted by molar-refractivity contribution is 5.29. The molecule has 1 aromatic rings. The first kappa shape index (κ1) is 7.59. The fraction of sp³-hybridized carbons (Fsp3) is 0.500. The second kappa shape index (κ2) is 2.22. The van der Waals surface area contributed by atoms with Crippen molar-refractivity contribution in [3.63, 3.8) is 0 Å². The molecule has 0 amide bonds. The topological polar surface area (TPSA) is 32.9 Å². The average Bonchev–Trinajstić information content (AvgIpc) is 2.75. The van der Waals surface area contributed by atoms with Gasteiger partial charge in [-0.2, -0.15) is 0 Å². The molecule has 1 N–H and O–H groups in total. The molecule has 1 aliphatic carbocycles. The monoisotopic (exact) mass is 163 g/mol. The van der Waals surface area contributed by atoms with Gasteiger partial charge >= 0.3 is 0 Å². The van der Waals surface area contributed by atoms with Gasteiger partial charge in [-0.15, -0.1) is 0 Å². The molecule has 2 rings (SSSR count). The molecule has 0 unspecified atom stereocenters. The number of H-pyrrole nitrogens is 1. The zero-order chi connectivity index (χ0) is 8.77. The lowest BCUT2D eigenvalue weighted by molar-refractivity contribution is 0.777. The van der Waals surface area contributed by atoms with Gasteiger partial charge in [-0.1, -0.05) is 6.92 Å². The number of hydrogen-bond acceptors (Lipinski definition) is 1. The van der Waals surface area contributed by atoms with Gasteiger partial charge in [-0.3, -0.25) is 4.79 Å². The lowest BCUT2D eigenvalue weighted by Gasteiger charge is -2.07. The van der Waals surface area contributed by atoms with Crippen LogP contribution < -0.4 is 5.56 Å². The van der Waals surface area contributed by atoms with Crippen LogP contribution in [0.3, 0.4) is 0 Å². The van der Waals surface area contributed by atoms with Gasteiger partial charge < -0.3 is 4.98 Å². The van der Waals surface area contributed by atoms with Crippen molar-refractivity contribution in [2.45, 2.75) is 32.1 Å². The van der Waals surface area contributed by atoms with E-state index in [0.29, 0.717) is 5.41 Å². The molecule has 2 heteroatoms. The van der Waals surface area contributed by atoms with Crippen LogP contribution >= 0.6 is 0 Å². The zero-order valence-corrected chi connectivity index (χ0v) is 7.48. The van der Waals surface area contributed by atoms with E-state index in [1.54, 1.807) is 0 Å². The third-order valence-electron chi connectivity index (χ3n) is 2.79. The van der Waals surface area contributed by atoms with E-state index in [1.807, 2.05) is 19.2 Å². The molecule has 0 spiro atoms. The predicted octanol–water partition coefficient (Wildman–Crippen LogP) is 1.73. The summed E-state index contributed by atoms with van der Waals surface area (Å²) >= 11 is 0. The summed E-state index contributed by atoms with van der Waals surface area (Å²) in [7, 11) is 0. The van der Waals surface area contributed by atoms with Gasteiger partial charge in [0.25, 0.3) is 5.56 Å². The number of aromatic nitrogens is 1. The molecule has 1 heterocycles.